The number of hydrogen-bond acceptors (Lipinski definition) is 5. The van der Waals surface area contributed by atoms with Gasteiger partial charge in [-0.25, -0.2) is 0 Å². The quantitative estimate of drug-likeness (QED) is 0.566. The maximum atomic E-state index is 11.9. The molecule has 116 valence electrons. The number of carboxylic acid groups (broad SMARTS) is 1. The minimum atomic E-state index is -0.822. The minimum absolute atomic E-state index is 0.0666. The first-order chi connectivity index (χ1) is 9.81. The highest BCUT2D eigenvalue weighted by molar-refractivity contribution is 7.17. The zero-order valence-electron chi connectivity index (χ0n) is 11.9. The third-order valence-electron chi connectivity index (χ3n) is 3.07. The second kappa shape index (κ2) is 7.72. The van der Waals surface area contributed by atoms with Gasteiger partial charge >= 0.3 is 11.0 Å². The highest BCUT2D eigenvalue weighted by atomic mass is 32.1. The maximum Gasteiger partial charge on any atom is 0.324 e. The van der Waals surface area contributed by atoms with Crippen LogP contribution in [0.2, 0.25) is 0 Å². The van der Waals surface area contributed by atoms with E-state index in [2.05, 4.69) is 5.32 Å². The van der Waals surface area contributed by atoms with E-state index in [1.807, 2.05) is 6.92 Å². The summed E-state index contributed by atoms with van der Waals surface area (Å²) < 4.78 is 0. The number of nitrogens with one attached hydrogen (secondary N) is 1. The first-order valence-electron chi connectivity index (χ1n) is 6.59. The lowest BCUT2D eigenvalue weighted by molar-refractivity contribution is -0.380. The fourth-order valence-electron chi connectivity index (χ4n) is 1.77. The van der Waals surface area contributed by atoms with E-state index in [0.717, 1.165) is 11.3 Å². The summed E-state index contributed by atoms with van der Waals surface area (Å²) in [5, 5.41) is 22.0. The van der Waals surface area contributed by atoms with Crippen molar-refractivity contribution in [3.8, 4) is 0 Å². The van der Waals surface area contributed by atoms with Gasteiger partial charge in [0.15, 0.2) is 0 Å². The Kier molecular flexibility index (Phi) is 6.29. The number of hydrogen-bond donors (Lipinski definition) is 2. The van der Waals surface area contributed by atoms with Gasteiger partial charge in [0.25, 0.3) is 5.91 Å². The van der Waals surface area contributed by atoms with Crippen molar-refractivity contribution < 1.29 is 19.6 Å². The van der Waals surface area contributed by atoms with E-state index < -0.39 is 16.8 Å². The van der Waals surface area contributed by atoms with Gasteiger partial charge in [-0.1, -0.05) is 24.7 Å². The predicted molar refractivity (Wildman–Crippen MR) is 78.6 cm³/mol. The third kappa shape index (κ3) is 5.50. The van der Waals surface area contributed by atoms with Gasteiger partial charge in [-0.2, -0.15) is 0 Å². The van der Waals surface area contributed by atoms with Crippen LogP contribution in [0.1, 0.15) is 42.8 Å². The highest BCUT2D eigenvalue weighted by Gasteiger charge is 2.17. The number of rotatable bonds is 8. The molecule has 0 saturated heterocycles. The van der Waals surface area contributed by atoms with Crippen LogP contribution in [0.15, 0.2) is 12.1 Å². The Morgan fingerprint density at radius 1 is 1.38 bits per heavy atom. The number of carboxylic acids is 1. The van der Waals surface area contributed by atoms with Gasteiger partial charge in [-0.15, -0.1) is 0 Å². The van der Waals surface area contributed by atoms with E-state index in [4.69, 9.17) is 5.11 Å². The maximum absolute atomic E-state index is 11.9. The smallest absolute Gasteiger partial charge is 0.324 e. The molecule has 2 N–H and O–H groups in total. The van der Waals surface area contributed by atoms with Gasteiger partial charge in [-0.05, 0) is 25.8 Å². The number of aliphatic carboxylic acids is 1. The van der Waals surface area contributed by atoms with Crippen LogP contribution in [0.3, 0.4) is 0 Å². The lowest BCUT2D eigenvalue weighted by Crippen LogP contribution is -2.32. The summed E-state index contributed by atoms with van der Waals surface area (Å²) in [6.07, 6.45) is 1.91. The number of nitro groups is 1. The van der Waals surface area contributed by atoms with E-state index in [0.29, 0.717) is 24.1 Å². The molecule has 2 atom stereocenters. The van der Waals surface area contributed by atoms with Crippen molar-refractivity contribution in [2.75, 3.05) is 0 Å². The van der Waals surface area contributed by atoms with Crippen LogP contribution in [0.25, 0.3) is 0 Å². The van der Waals surface area contributed by atoms with Crippen molar-refractivity contribution in [2.24, 2.45) is 5.92 Å². The molecule has 1 aromatic rings. The average molecular weight is 314 g/mol. The van der Waals surface area contributed by atoms with Gasteiger partial charge in [0, 0.05) is 12.1 Å². The molecule has 0 bridgehead atoms. The van der Waals surface area contributed by atoms with Crippen molar-refractivity contribution in [3.63, 3.8) is 0 Å². The Bertz CT molecular complexity index is 528. The number of nitrogens with zero attached hydrogens (tertiary/aromatic N) is 1. The fourth-order valence-corrected chi connectivity index (χ4v) is 2.49. The summed E-state index contributed by atoms with van der Waals surface area (Å²) in [6.45, 7) is 3.47. The molecular weight excluding hydrogens is 296 g/mol. The monoisotopic (exact) mass is 314 g/mol. The zero-order chi connectivity index (χ0) is 16.0. The molecule has 0 radical (unpaired) electrons. The second-order valence-electron chi connectivity index (χ2n) is 4.94. The van der Waals surface area contributed by atoms with Gasteiger partial charge in [0.2, 0.25) is 0 Å². The molecule has 1 amide bonds. The molecule has 2 unspecified atom stereocenters. The third-order valence-corrected chi connectivity index (χ3v) is 4.10. The molecular formula is C13H18N2O5S. The molecule has 0 saturated carbocycles. The molecule has 0 spiro atoms. The van der Waals surface area contributed by atoms with Crippen molar-refractivity contribution in [1.29, 1.82) is 0 Å². The molecule has 1 heterocycles. The Balaban J connectivity index is 2.39. The molecule has 7 nitrogen and oxygen atoms in total. The van der Waals surface area contributed by atoms with E-state index in [-0.39, 0.29) is 17.0 Å². The van der Waals surface area contributed by atoms with Gasteiger partial charge < -0.3 is 10.4 Å². The Hall–Kier alpha value is -1.96. The van der Waals surface area contributed by atoms with Crippen LogP contribution in [-0.4, -0.2) is 27.9 Å². The molecule has 0 aliphatic carbocycles. The Labute approximate surface area is 126 Å². The lowest BCUT2D eigenvalue weighted by atomic mass is 10.0. The standard InChI is InChI=1S/C13H18N2O5S/c1-8(13(17)18)4-3-5-9(2)14-12(16)10-6-7-11(21-10)15(19)20/h6-9H,3-5H2,1-2H3,(H,14,16)(H,17,18). The van der Waals surface area contributed by atoms with Crippen LogP contribution in [0.4, 0.5) is 5.00 Å². The lowest BCUT2D eigenvalue weighted by Gasteiger charge is -2.13. The SMILES string of the molecule is CC(CCCC(C)C(=O)O)NC(=O)c1ccc([N+](=O)[O-])s1. The second-order valence-corrected chi connectivity index (χ2v) is 6.00. The van der Waals surface area contributed by atoms with E-state index in [9.17, 15) is 19.7 Å². The largest absolute Gasteiger partial charge is 0.481 e. The average Bonchev–Trinajstić information content (AvgIpc) is 2.88. The van der Waals surface area contributed by atoms with E-state index >= 15 is 0 Å². The molecule has 0 aliphatic heterocycles. The summed E-state index contributed by atoms with van der Waals surface area (Å²) in [6, 6.07) is 2.62. The highest BCUT2D eigenvalue weighted by Crippen LogP contribution is 2.23. The molecule has 1 aromatic heterocycles. The Morgan fingerprint density at radius 2 is 2.05 bits per heavy atom. The summed E-state index contributed by atoms with van der Waals surface area (Å²) in [5.41, 5.74) is 0. The molecule has 0 fully saturated rings. The van der Waals surface area contributed by atoms with Crippen molar-refractivity contribution in [2.45, 2.75) is 39.2 Å². The predicted octanol–water partition coefficient (Wildman–Crippen LogP) is 2.67. The normalized spacial score (nSPS) is 13.4. The van der Waals surface area contributed by atoms with Crippen LogP contribution in [0, 0.1) is 16.0 Å². The first-order valence-corrected chi connectivity index (χ1v) is 7.40. The number of amides is 1. The summed E-state index contributed by atoms with van der Waals surface area (Å²) in [5.74, 6) is -1.56. The van der Waals surface area contributed by atoms with Crippen molar-refractivity contribution in [1.82, 2.24) is 5.32 Å². The molecule has 0 aromatic carbocycles. The van der Waals surface area contributed by atoms with Gasteiger partial charge in [-0.3, -0.25) is 19.7 Å². The molecule has 21 heavy (non-hydrogen) atoms. The summed E-state index contributed by atoms with van der Waals surface area (Å²) in [7, 11) is 0. The van der Waals surface area contributed by atoms with Crippen LogP contribution in [0.5, 0.6) is 0 Å². The molecule has 8 heteroatoms. The number of thiophene rings is 1. The summed E-state index contributed by atoms with van der Waals surface area (Å²) in [4.78, 5) is 32.9. The fraction of sp³-hybridized carbons (Fsp3) is 0.538. The molecule has 0 aliphatic rings. The van der Waals surface area contributed by atoms with E-state index in [1.165, 1.54) is 12.1 Å². The Morgan fingerprint density at radius 3 is 2.57 bits per heavy atom. The van der Waals surface area contributed by atoms with Crippen LogP contribution >= 0.6 is 11.3 Å². The van der Waals surface area contributed by atoms with Gasteiger partial charge in [0.1, 0.15) is 0 Å². The number of carbonyl (C=O) groups is 2. The van der Waals surface area contributed by atoms with Crippen LogP contribution < -0.4 is 5.32 Å². The van der Waals surface area contributed by atoms with Gasteiger partial charge in [0.05, 0.1) is 15.7 Å². The topological polar surface area (TPSA) is 110 Å². The minimum Gasteiger partial charge on any atom is -0.481 e. The zero-order valence-corrected chi connectivity index (χ0v) is 12.7. The van der Waals surface area contributed by atoms with Crippen molar-refractivity contribution >= 4 is 28.2 Å². The molecule has 1 rings (SSSR count). The van der Waals surface area contributed by atoms with Crippen molar-refractivity contribution in [3.05, 3.63) is 27.1 Å². The van der Waals surface area contributed by atoms with E-state index in [1.54, 1.807) is 6.92 Å². The summed E-state index contributed by atoms with van der Waals surface area (Å²) >= 11 is 0.835. The number of carbonyl (C=O) groups excluding carboxylic acids is 1. The first kappa shape index (κ1) is 17.1. The van der Waals surface area contributed by atoms with Crippen LogP contribution in [-0.2, 0) is 4.79 Å².